The van der Waals surface area contributed by atoms with Gasteiger partial charge in [0.2, 0.25) is 5.88 Å². The smallest absolute Gasteiger partial charge is 0.425 e. The van der Waals surface area contributed by atoms with E-state index in [1.807, 2.05) is 0 Å². The quantitative estimate of drug-likeness (QED) is 0.300. The van der Waals surface area contributed by atoms with Gasteiger partial charge >= 0.3 is 11.9 Å². The summed E-state index contributed by atoms with van der Waals surface area (Å²) in [5, 5.41) is 6.85. The second kappa shape index (κ2) is 11.2. The van der Waals surface area contributed by atoms with Crippen molar-refractivity contribution in [3.63, 3.8) is 0 Å². The molecule has 13 heteroatoms. The van der Waals surface area contributed by atoms with Crippen molar-refractivity contribution >= 4 is 24.2 Å². The lowest BCUT2D eigenvalue weighted by Crippen LogP contribution is -2.32. The number of benzene rings is 1. The number of hydrogen-bond acceptors (Lipinski definition) is 6. The van der Waals surface area contributed by atoms with Gasteiger partial charge in [-0.15, -0.1) is 5.10 Å². The Morgan fingerprint density at radius 3 is 2.62 bits per heavy atom. The first-order valence-corrected chi connectivity index (χ1v) is 11.7. The number of aryl methyl sites for hydroxylation is 1. The van der Waals surface area contributed by atoms with Crippen molar-refractivity contribution in [3.05, 3.63) is 62.3 Å². The molecule has 1 N–H and O–H groups in total. The van der Waals surface area contributed by atoms with Crippen molar-refractivity contribution in [2.45, 2.75) is 58.9 Å². The number of amides is 1. The standard InChI is InChI=1S/C24H27ClF3N5O4/c1-13(10-21(29-4)36-5)14(2)30-22(34)16-11-17(25)18(12-19(16)37-15(3)24(26,27)28)33-23(35)32-9-7-6-8-20(32)31-33/h10-12,15H,4,6-9H2,1-3,5H3,(H,30,34)/b14-13+,21-10+/t15-/m0/s1. The highest BCUT2D eigenvalue weighted by molar-refractivity contribution is 6.33. The number of methoxy groups -OCH3 is 1. The lowest BCUT2D eigenvalue weighted by molar-refractivity contribution is -0.189. The van der Waals surface area contributed by atoms with Crippen LogP contribution in [0.4, 0.5) is 13.2 Å². The minimum absolute atomic E-state index is 0.00247. The summed E-state index contributed by atoms with van der Waals surface area (Å²) in [6, 6.07) is 2.27. The lowest BCUT2D eigenvalue weighted by atomic mass is 10.1. The van der Waals surface area contributed by atoms with Crippen molar-refractivity contribution in [1.29, 1.82) is 0 Å². The Bertz CT molecular complexity index is 1330. The molecule has 2 aromatic rings. The Morgan fingerprint density at radius 1 is 1.32 bits per heavy atom. The summed E-state index contributed by atoms with van der Waals surface area (Å²) in [7, 11) is 1.40. The Morgan fingerprint density at radius 2 is 2.03 bits per heavy atom. The number of hydrogen-bond donors (Lipinski definition) is 1. The SMILES string of the molecule is C=N/C(=C\C(C)=C(/C)NC(=O)c1cc(Cl)c(-n2nc3n(c2=O)CCCC3)cc1O[C@@H](C)C(F)(F)F)OC. The highest BCUT2D eigenvalue weighted by Crippen LogP contribution is 2.33. The summed E-state index contributed by atoms with van der Waals surface area (Å²) < 4.78 is 52.7. The van der Waals surface area contributed by atoms with Crippen LogP contribution in [0.5, 0.6) is 5.75 Å². The molecule has 1 aliphatic heterocycles. The largest absolute Gasteiger partial charge is 0.481 e. The molecule has 200 valence electrons. The van der Waals surface area contributed by atoms with Gasteiger partial charge in [-0.25, -0.2) is 9.79 Å². The molecule has 37 heavy (non-hydrogen) atoms. The van der Waals surface area contributed by atoms with E-state index >= 15 is 0 Å². The number of ether oxygens (including phenoxy) is 2. The minimum Gasteiger partial charge on any atom is -0.481 e. The first kappa shape index (κ1) is 28.0. The molecule has 1 atom stereocenters. The third-order valence-corrected chi connectivity index (χ3v) is 6.16. The zero-order chi connectivity index (χ0) is 27.5. The van der Waals surface area contributed by atoms with Crippen LogP contribution in [-0.4, -0.2) is 46.4 Å². The van der Waals surface area contributed by atoms with E-state index in [-0.39, 0.29) is 22.2 Å². The van der Waals surface area contributed by atoms with Crippen molar-refractivity contribution in [3.8, 4) is 11.4 Å². The van der Waals surface area contributed by atoms with Crippen LogP contribution in [0.1, 0.15) is 49.8 Å². The summed E-state index contributed by atoms with van der Waals surface area (Å²) in [6.45, 7) is 7.92. The molecule has 0 saturated heterocycles. The summed E-state index contributed by atoms with van der Waals surface area (Å²) in [6.07, 6.45) is -3.18. The van der Waals surface area contributed by atoms with Gasteiger partial charge in [0.15, 0.2) is 6.10 Å². The van der Waals surface area contributed by atoms with Gasteiger partial charge in [-0.2, -0.15) is 17.9 Å². The monoisotopic (exact) mass is 541 g/mol. The summed E-state index contributed by atoms with van der Waals surface area (Å²) in [4.78, 5) is 29.7. The van der Waals surface area contributed by atoms with Crippen molar-refractivity contribution in [2.75, 3.05) is 7.11 Å². The number of aliphatic imine (C=N–C) groups is 1. The van der Waals surface area contributed by atoms with E-state index < -0.39 is 29.6 Å². The molecule has 1 aromatic carbocycles. The average molecular weight is 542 g/mol. The van der Waals surface area contributed by atoms with E-state index in [1.54, 1.807) is 13.8 Å². The number of fused-ring (bicyclic) bond motifs is 1. The number of halogens is 4. The maximum atomic E-state index is 13.3. The fraction of sp³-hybridized carbons (Fsp3) is 0.417. The van der Waals surface area contributed by atoms with Gasteiger partial charge in [0.05, 0.1) is 23.4 Å². The number of nitrogens with one attached hydrogen (secondary N) is 1. The number of aromatic nitrogens is 3. The number of allylic oxidation sites excluding steroid dienone is 3. The molecule has 9 nitrogen and oxygen atoms in total. The minimum atomic E-state index is -4.71. The highest BCUT2D eigenvalue weighted by Gasteiger charge is 2.39. The van der Waals surface area contributed by atoms with Crippen LogP contribution in [0, 0.1) is 0 Å². The van der Waals surface area contributed by atoms with E-state index in [1.165, 1.54) is 17.8 Å². The van der Waals surface area contributed by atoms with Crippen molar-refractivity contribution in [1.82, 2.24) is 19.7 Å². The first-order chi connectivity index (χ1) is 17.4. The van der Waals surface area contributed by atoms with E-state index in [0.717, 1.165) is 36.6 Å². The molecule has 1 aromatic heterocycles. The Labute approximate surface area is 216 Å². The molecular weight excluding hydrogens is 515 g/mol. The van der Waals surface area contributed by atoms with E-state index in [4.69, 9.17) is 21.1 Å². The van der Waals surface area contributed by atoms with Gasteiger partial charge in [0.25, 0.3) is 5.91 Å². The van der Waals surface area contributed by atoms with E-state index in [0.29, 0.717) is 30.1 Å². The topological polar surface area (TPSA) is 99.7 Å². The molecule has 0 aliphatic carbocycles. The van der Waals surface area contributed by atoms with E-state index in [9.17, 15) is 22.8 Å². The van der Waals surface area contributed by atoms with Crippen LogP contribution >= 0.6 is 11.6 Å². The van der Waals surface area contributed by atoms with Crippen LogP contribution in [0.2, 0.25) is 5.02 Å². The molecule has 0 unspecified atom stereocenters. The van der Waals surface area contributed by atoms with Crippen LogP contribution in [0.3, 0.4) is 0 Å². The number of nitrogens with zero attached hydrogens (tertiary/aromatic N) is 4. The third kappa shape index (κ3) is 6.24. The lowest BCUT2D eigenvalue weighted by Gasteiger charge is -2.21. The molecule has 2 heterocycles. The predicted molar refractivity (Wildman–Crippen MR) is 132 cm³/mol. The average Bonchev–Trinajstić information content (AvgIpc) is 3.18. The van der Waals surface area contributed by atoms with Crippen LogP contribution in [0.15, 0.2) is 45.1 Å². The zero-order valence-electron chi connectivity index (χ0n) is 20.8. The van der Waals surface area contributed by atoms with Gasteiger partial charge in [-0.05, 0) is 52.0 Å². The molecule has 1 amide bonds. The van der Waals surface area contributed by atoms with Crippen LogP contribution in [0.25, 0.3) is 5.69 Å². The highest BCUT2D eigenvalue weighted by atomic mass is 35.5. The molecule has 1 aliphatic rings. The third-order valence-electron chi connectivity index (χ3n) is 5.86. The Kier molecular flexibility index (Phi) is 8.52. The molecule has 0 fully saturated rings. The molecule has 0 spiro atoms. The van der Waals surface area contributed by atoms with E-state index in [2.05, 4.69) is 22.1 Å². The van der Waals surface area contributed by atoms with Gasteiger partial charge in [-0.3, -0.25) is 9.36 Å². The maximum Gasteiger partial charge on any atom is 0.425 e. The van der Waals surface area contributed by atoms with Gasteiger partial charge in [0, 0.05) is 30.8 Å². The number of alkyl halides is 3. The molecule has 3 rings (SSSR count). The fourth-order valence-corrected chi connectivity index (χ4v) is 3.84. The second-order valence-corrected chi connectivity index (χ2v) is 8.83. The van der Waals surface area contributed by atoms with Crippen LogP contribution < -0.4 is 15.7 Å². The number of carbonyl (C=O) groups excluding carboxylic acids is 1. The number of rotatable bonds is 8. The van der Waals surface area contributed by atoms with Gasteiger partial charge < -0.3 is 14.8 Å². The number of carbonyl (C=O) groups is 1. The zero-order valence-corrected chi connectivity index (χ0v) is 21.5. The normalized spacial score (nSPS) is 15.4. The second-order valence-electron chi connectivity index (χ2n) is 8.43. The molecule has 0 saturated carbocycles. The van der Waals surface area contributed by atoms with Crippen molar-refractivity contribution in [2.24, 2.45) is 4.99 Å². The predicted octanol–water partition coefficient (Wildman–Crippen LogP) is 4.57. The van der Waals surface area contributed by atoms with Gasteiger partial charge in [-0.1, -0.05) is 11.6 Å². The first-order valence-electron chi connectivity index (χ1n) is 11.3. The summed E-state index contributed by atoms with van der Waals surface area (Å²) >= 11 is 6.42. The maximum absolute atomic E-state index is 13.3. The Balaban J connectivity index is 2.08. The fourth-order valence-electron chi connectivity index (χ4n) is 3.59. The van der Waals surface area contributed by atoms with Gasteiger partial charge in [0.1, 0.15) is 11.6 Å². The molecular formula is C24H27ClF3N5O4. The Hall–Kier alpha value is -3.54. The van der Waals surface area contributed by atoms with Crippen LogP contribution in [-0.2, 0) is 17.7 Å². The summed E-state index contributed by atoms with van der Waals surface area (Å²) in [5.41, 5.74) is 0.196. The molecule has 0 bridgehead atoms. The summed E-state index contributed by atoms with van der Waals surface area (Å²) in [5.74, 6) is -0.431. The molecule has 0 radical (unpaired) electrons. The van der Waals surface area contributed by atoms with Crippen molar-refractivity contribution < 1.29 is 27.4 Å².